The lowest BCUT2D eigenvalue weighted by Gasteiger charge is -2.45. The third kappa shape index (κ3) is 6.94. The number of aromatic hydroxyl groups is 2. The summed E-state index contributed by atoms with van der Waals surface area (Å²) in [5.41, 5.74) is 7.53. The summed E-state index contributed by atoms with van der Waals surface area (Å²) in [5.74, 6) is -8.42. The number of ether oxygens (including phenoxy) is 2. The van der Waals surface area contributed by atoms with Crippen molar-refractivity contribution in [2.75, 3.05) is 18.1 Å². The number of benzene rings is 3. The van der Waals surface area contributed by atoms with E-state index in [1.54, 1.807) is 24.4 Å². The van der Waals surface area contributed by atoms with Crippen LogP contribution in [0.2, 0.25) is 0 Å². The highest BCUT2D eigenvalue weighted by Gasteiger charge is 2.69. The number of carboxylic acid groups (broad SMARTS) is 1. The SMILES string of the molecule is NC1CCCC1(c1ccccc1)C1C(CCCO)=CC2(C(=O)O)C1c1cc(O)c(OC3(O)OC(CO)C(O)C(O)C3O)cc1N2C(=O)C=Cc1ccc(O)c(Cc2cnc[nH]2)c1. The van der Waals surface area contributed by atoms with E-state index in [1.165, 1.54) is 30.6 Å². The van der Waals surface area contributed by atoms with Gasteiger partial charge < -0.3 is 66.2 Å². The Morgan fingerprint density at radius 1 is 1.02 bits per heavy atom. The number of phenols is 2. The number of hydrogen-bond donors (Lipinski definition) is 11. The van der Waals surface area contributed by atoms with Gasteiger partial charge >= 0.3 is 11.9 Å². The van der Waals surface area contributed by atoms with E-state index in [-0.39, 0.29) is 36.4 Å². The van der Waals surface area contributed by atoms with Crippen molar-refractivity contribution in [1.29, 1.82) is 0 Å². The fourth-order valence-electron chi connectivity index (χ4n) is 10.4. The number of nitrogens with zero attached hydrogens (tertiary/aromatic N) is 2. The van der Waals surface area contributed by atoms with Crippen molar-refractivity contribution in [2.45, 2.75) is 91.8 Å². The molecule has 10 atom stereocenters. The Morgan fingerprint density at radius 3 is 2.45 bits per heavy atom. The van der Waals surface area contributed by atoms with Gasteiger partial charge in [-0.05, 0) is 72.7 Å². The molecule has 0 radical (unpaired) electrons. The van der Waals surface area contributed by atoms with Crippen molar-refractivity contribution in [3.05, 3.63) is 119 Å². The topological polar surface area (TPSA) is 293 Å². The normalized spacial score (nSPS) is 31.6. The Kier molecular flexibility index (Phi) is 11.5. The molecule has 4 aliphatic rings. The number of aliphatic hydroxyl groups excluding tert-OH is 5. The van der Waals surface area contributed by atoms with Crippen LogP contribution in [0.5, 0.6) is 17.2 Å². The summed E-state index contributed by atoms with van der Waals surface area (Å²) < 4.78 is 11.0. The number of rotatable bonds is 13. The molecular weight excluding hydrogens is 805 g/mol. The zero-order chi connectivity index (χ0) is 44.1. The predicted molar refractivity (Wildman–Crippen MR) is 221 cm³/mol. The molecule has 1 saturated heterocycles. The van der Waals surface area contributed by atoms with Crippen molar-refractivity contribution in [3.63, 3.8) is 0 Å². The number of nitrogens with two attached hydrogens (primary N) is 1. The highest BCUT2D eigenvalue weighted by Crippen LogP contribution is 2.66. The molecule has 12 N–H and O–H groups in total. The predicted octanol–water partition coefficient (Wildman–Crippen LogP) is 1.66. The van der Waals surface area contributed by atoms with Crippen LogP contribution < -0.4 is 15.4 Å². The Morgan fingerprint density at radius 2 is 1.79 bits per heavy atom. The van der Waals surface area contributed by atoms with Gasteiger partial charge in [0, 0.05) is 65.9 Å². The van der Waals surface area contributed by atoms with Gasteiger partial charge in [0.15, 0.2) is 23.1 Å². The second kappa shape index (κ2) is 16.6. The number of aliphatic carboxylic acids is 1. The van der Waals surface area contributed by atoms with Gasteiger partial charge in [-0.2, -0.15) is 0 Å². The van der Waals surface area contributed by atoms with Gasteiger partial charge in [-0.25, -0.2) is 9.78 Å². The van der Waals surface area contributed by atoms with Gasteiger partial charge in [-0.1, -0.05) is 48.4 Å². The summed E-state index contributed by atoms with van der Waals surface area (Å²) in [5, 5.41) is 96.9. The molecule has 17 heteroatoms. The number of hydrogen-bond acceptors (Lipinski definition) is 14. The van der Waals surface area contributed by atoms with Crippen molar-refractivity contribution >= 4 is 23.6 Å². The molecule has 1 saturated carbocycles. The van der Waals surface area contributed by atoms with E-state index in [2.05, 4.69) is 9.97 Å². The van der Waals surface area contributed by atoms with Crippen LogP contribution in [0.3, 0.4) is 0 Å². The smallest absolute Gasteiger partial charge is 0.355 e. The van der Waals surface area contributed by atoms with E-state index < -0.39 is 89.2 Å². The molecule has 1 amide bonds. The minimum absolute atomic E-state index is 0.00706. The standard InChI is InChI=1S/C45H50N4O13/c46-35-9-4-14-43(35,27-7-2-1-3-8-27)37-25(6-5-15-50)20-44(42(58)59)38(37)29-18-32(53)33(61-45(60)41(57)40(56)39(55)34(22-51)62-45)19-30(29)49(44)36(54)13-11-24-10-12-31(52)26(16-24)17-28-21-47-23-48-28/h1-3,7-8,10-13,16,18-21,23,34-35,37-41,50-53,55-57,60H,4-6,9,14-15,17,22,46H2,(H,47,48)(H,58,59). The number of anilines is 1. The van der Waals surface area contributed by atoms with Gasteiger partial charge in [-0.15, -0.1) is 0 Å². The number of phenolic OH excluding ortho intramolecular Hbond substituents is 2. The van der Waals surface area contributed by atoms with Crippen LogP contribution in [0.25, 0.3) is 6.08 Å². The molecule has 0 spiro atoms. The number of imidazole rings is 1. The zero-order valence-electron chi connectivity index (χ0n) is 33.5. The Balaban J connectivity index is 1.30. The third-order valence-electron chi connectivity index (χ3n) is 13.1. The first kappa shape index (κ1) is 43.0. The van der Waals surface area contributed by atoms with Crippen molar-refractivity contribution in [1.82, 2.24) is 9.97 Å². The number of carbonyl (C=O) groups excluding carboxylic acids is 1. The molecule has 3 heterocycles. The first-order chi connectivity index (χ1) is 29.7. The second-order valence-corrected chi connectivity index (χ2v) is 16.6. The highest BCUT2D eigenvalue weighted by molar-refractivity contribution is 6.13. The van der Waals surface area contributed by atoms with Crippen LogP contribution in [0, 0.1) is 5.92 Å². The lowest BCUT2D eigenvalue weighted by molar-refractivity contribution is -0.422. The second-order valence-electron chi connectivity index (χ2n) is 16.6. The summed E-state index contributed by atoms with van der Waals surface area (Å²) in [6, 6.07) is 16.1. The number of amides is 1. The molecule has 0 bridgehead atoms. The maximum atomic E-state index is 15.0. The highest BCUT2D eigenvalue weighted by atomic mass is 16.8. The minimum Gasteiger partial charge on any atom is -0.508 e. The molecule has 1 aromatic heterocycles. The molecule has 8 rings (SSSR count). The Labute approximate surface area is 355 Å². The molecule has 2 aliphatic heterocycles. The lowest BCUT2D eigenvalue weighted by atomic mass is 9.59. The van der Waals surface area contributed by atoms with Gasteiger partial charge in [0.05, 0.1) is 18.6 Å². The molecule has 10 unspecified atom stereocenters. The van der Waals surface area contributed by atoms with E-state index in [1.807, 2.05) is 30.3 Å². The first-order valence-electron chi connectivity index (χ1n) is 20.5. The molecule has 2 fully saturated rings. The van der Waals surface area contributed by atoms with E-state index in [9.17, 15) is 55.5 Å². The summed E-state index contributed by atoms with van der Waals surface area (Å²) >= 11 is 0. The summed E-state index contributed by atoms with van der Waals surface area (Å²) in [6.07, 6.45) is 2.19. The van der Waals surface area contributed by atoms with Gasteiger partial charge in [-0.3, -0.25) is 9.69 Å². The molecule has 328 valence electrons. The zero-order valence-corrected chi connectivity index (χ0v) is 33.5. The van der Waals surface area contributed by atoms with E-state index in [0.717, 1.165) is 22.2 Å². The number of nitrogens with one attached hydrogen (secondary N) is 1. The number of allylic oxidation sites excluding steroid dienone is 1. The number of aliphatic hydroxyl groups is 6. The Hall–Kier alpha value is -5.63. The van der Waals surface area contributed by atoms with Crippen LogP contribution in [-0.2, 0) is 26.2 Å². The Bertz CT molecular complexity index is 2370. The minimum atomic E-state index is -3.16. The first-order valence-corrected chi connectivity index (χ1v) is 20.5. The van der Waals surface area contributed by atoms with Crippen molar-refractivity contribution in [3.8, 4) is 17.2 Å². The number of carboxylic acids is 1. The largest absolute Gasteiger partial charge is 0.508 e. The molecule has 4 aromatic rings. The van der Waals surface area contributed by atoms with Crippen LogP contribution >= 0.6 is 0 Å². The number of carbonyl (C=O) groups is 2. The van der Waals surface area contributed by atoms with Gasteiger partial charge in [0.25, 0.3) is 5.91 Å². The van der Waals surface area contributed by atoms with Gasteiger partial charge in [0.1, 0.15) is 24.1 Å². The van der Waals surface area contributed by atoms with Crippen LogP contribution in [0.15, 0.2) is 90.9 Å². The lowest BCUT2D eigenvalue weighted by Crippen LogP contribution is -2.67. The van der Waals surface area contributed by atoms with Crippen LogP contribution in [-0.4, -0.2) is 123 Å². The average molecular weight is 855 g/mol. The molecule has 17 nitrogen and oxygen atoms in total. The van der Waals surface area contributed by atoms with Crippen molar-refractivity contribution in [2.24, 2.45) is 11.7 Å². The molecule has 62 heavy (non-hydrogen) atoms. The van der Waals surface area contributed by atoms with Crippen molar-refractivity contribution < 1.29 is 65.0 Å². The number of aromatic amines is 1. The molecular formula is C45H50N4O13. The molecule has 2 aliphatic carbocycles. The number of H-pyrrole nitrogens is 1. The fraction of sp³-hybridized carbons (Fsp3) is 0.400. The monoisotopic (exact) mass is 854 g/mol. The quantitative estimate of drug-likeness (QED) is 0.0518. The maximum absolute atomic E-state index is 15.0. The molecule has 3 aromatic carbocycles. The van der Waals surface area contributed by atoms with E-state index >= 15 is 0 Å². The summed E-state index contributed by atoms with van der Waals surface area (Å²) in [6.45, 7) is -1.11. The summed E-state index contributed by atoms with van der Waals surface area (Å²) in [4.78, 5) is 37.3. The summed E-state index contributed by atoms with van der Waals surface area (Å²) in [7, 11) is 0. The van der Waals surface area contributed by atoms with E-state index in [0.29, 0.717) is 42.4 Å². The van der Waals surface area contributed by atoms with Crippen LogP contribution in [0.4, 0.5) is 5.69 Å². The fourth-order valence-corrected chi connectivity index (χ4v) is 10.4. The van der Waals surface area contributed by atoms with Gasteiger partial charge in [0.2, 0.25) is 0 Å². The van der Waals surface area contributed by atoms with Crippen LogP contribution in [0.1, 0.15) is 66.0 Å². The number of fused-ring (bicyclic) bond motifs is 3. The third-order valence-corrected chi connectivity index (χ3v) is 13.1. The number of aromatic nitrogens is 2. The maximum Gasteiger partial charge on any atom is 0.355 e. The van der Waals surface area contributed by atoms with E-state index in [4.69, 9.17) is 15.2 Å². The average Bonchev–Trinajstić information content (AvgIpc) is 4.05.